The van der Waals surface area contributed by atoms with Crippen molar-refractivity contribution >= 4 is 33.4 Å². The minimum Gasteiger partial charge on any atom is -0.493 e. The van der Waals surface area contributed by atoms with Crippen LogP contribution < -0.4 is 24.4 Å². The zero-order valence-electron chi connectivity index (χ0n) is 16.0. The number of methoxy groups -OCH3 is 1. The third-order valence-electron chi connectivity index (χ3n) is 4.35. The predicted octanol–water partition coefficient (Wildman–Crippen LogP) is 3.14. The molecular formula is C20H19BrF2N2O5. The highest BCUT2D eigenvalue weighted by molar-refractivity contribution is 9.10. The first-order chi connectivity index (χ1) is 14.4. The van der Waals surface area contributed by atoms with Gasteiger partial charge in [-0.05, 0) is 42.3 Å². The van der Waals surface area contributed by atoms with E-state index in [-0.39, 0.29) is 43.0 Å². The number of ether oxygens (including phenoxy) is 3. The summed E-state index contributed by atoms with van der Waals surface area (Å²) in [4.78, 5) is 25.9. The van der Waals surface area contributed by atoms with Gasteiger partial charge in [-0.1, -0.05) is 22.0 Å². The maximum absolute atomic E-state index is 12.5. The summed E-state index contributed by atoms with van der Waals surface area (Å²) in [6, 6.07) is 9.85. The van der Waals surface area contributed by atoms with Gasteiger partial charge in [0, 0.05) is 11.0 Å². The molecule has 3 rings (SSSR count). The lowest BCUT2D eigenvalue weighted by atomic mass is 10.1. The fourth-order valence-electron chi connectivity index (χ4n) is 2.96. The van der Waals surface area contributed by atoms with E-state index >= 15 is 0 Å². The van der Waals surface area contributed by atoms with Crippen molar-refractivity contribution in [1.82, 2.24) is 5.32 Å². The van der Waals surface area contributed by atoms with E-state index in [1.165, 1.54) is 24.1 Å². The summed E-state index contributed by atoms with van der Waals surface area (Å²) in [6.45, 7) is -3.01. The number of alkyl halides is 2. The number of amides is 2. The molecule has 0 saturated heterocycles. The number of hydrogen-bond acceptors (Lipinski definition) is 5. The van der Waals surface area contributed by atoms with Crippen LogP contribution in [0.4, 0.5) is 14.5 Å². The monoisotopic (exact) mass is 484 g/mol. The quantitative estimate of drug-likeness (QED) is 0.622. The highest BCUT2D eigenvalue weighted by Gasteiger charge is 2.27. The maximum atomic E-state index is 12.5. The van der Waals surface area contributed by atoms with Crippen molar-refractivity contribution in [2.75, 3.05) is 31.7 Å². The lowest BCUT2D eigenvalue weighted by Gasteiger charge is -2.29. The van der Waals surface area contributed by atoms with Crippen LogP contribution in [0.3, 0.4) is 0 Å². The van der Waals surface area contributed by atoms with Crippen LogP contribution in [0.1, 0.15) is 5.56 Å². The largest absolute Gasteiger partial charge is 0.493 e. The average molecular weight is 485 g/mol. The Kier molecular flexibility index (Phi) is 7.09. The van der Waals surface area contributed by atoms with Gasteiger partial charge < -0.3 is 19.5 Å². The van der Waals surface area contributed by atoms with Gasteiger partial charge in [0.1, 0.15) is 12.3 Å². The van der Waals surface area contributed by atoms with Crippen molar-refractivity contribution in [1.29, 1.82) is 0 Å². The molecule has 160 valence electrons. The van der Waals surface area contributed by atoms with Crippen LogP contribution in [0.5, 0.6) is 17.2 Å². The highest BCUT2D eigenvalue weighted by atomic mass is 79.9. The normalized spacial score (nSPS) is 13.0. The van der Waals surface area contributed by atoms with Crippen LogP contribution >= 0.6 is 15.9 Å². The Balaban J connectivity index is 1.57. The highest BCUT2D eigenvalue weighted by Crippen LogP contribution is 2.34. The van der Waals surface area contributed by atoms with E-state index in [0.717, 1.165) is 4.47 Å². The summed E-state index contributed by atoms with van der Waals surface area (Å²) >= 11 is 3.34. The number of hydrogen-bond donors (Lipinski definition) is 1. The molecule has 2 aromatic carbocycles. The molecule has 2 aromatic rings. The molecule has 0 unspecified atom stereocenters. The fourth-order valence-corrected chi connectivity index (χ4v) is 3.30. The van der Waals surface area contributed by atoms with Gasteiger partial charge in [0.25, 0.3) is 5.91 Å². The second-order valence-electron chi connectivity index (χ2n) is 6.34. The van der Waals surface area contributed by atoms with Gasteiger partial charge in [-0.3, -0.25) is 14.5 Å². The minimum absolute atomic E-state index is 0.0713. The van der Waals surface area contributed by atoms with E-state index < -0.39 is 6.61 Å². The number of carbonyl (C=O) groups excluding carboxylic acids is 2. The van der Waals surface area contributed by atoms with Gasteiger partial charge in [-0.2, -0.15) is 8.78 Å². The number of fused-ring (bicyclic) bond motifs is 1. The van der Waals surface area contributed by atoms with Gasteiger partial charge in [0.15, 0.2) is 18.1 Å². The first kappa shape index (κ1) is 21.8. The van der Waals surface area contributed by atoms with Crippen LogP contribution in [0.15, 0.2) is 40.9 Å². The number of anilines is 1. The second-order valence-corrected chi connectivity index (χ2v) is 7.26. The summed E-state index contributed by atoms with van der Waals surface area (Å²) in [6.07, 6.45) is 0.385. The molecule has 2 amide bonds. The molecule has 0 fully saturated rings. The number of carbonyl (C=O) groups is 2. The van der Waals surface area contributed by atoms with Gasteiger partial charge in [0.05, 0.1) is 12.8 Å². The van der Waals surface area contributed by atoms with E-state index in [1.807, 2.05) is 0 Å². The molecule has 0 spiro atoms. The van der Waals surface area contributed by atoms with Crippen LogP contribution in [0.2, 0.25) is 0 Å². The predicted molar refractivity (Wildman–Crippen MR) is 108 cm³/mol. The Labute approximate surface area is 180 Å². The zero-order chi connectivity index (χ0) is 21.7. The maximum Gasteiger partial charge on any atom is 0.387 e. The van der Waals surface area contributed by atoms with E-state index in [2.05, 4.69) is 26.0 Å². The Morgan fingerprint density at radius 2 is 2.07 bits per heavy atom. The van der Waals surface area contributed by atoms with Crippen molar-refractivity contribution in [3.63, 3.8) is 0 Å². The third kappa shape index (κ3) is 5.38. The van der Waals surface area contributed by atoms with Gasteiger partial charge in [0.2, 0.25) is 5.91 Å². The van der Waals surface area contributed by atoms with Crippen LogP contribution in [0, 0.1) is 0 Å². The zero-order valence-corrected chi connectivity index (χ0v) is 17.6. The molecule has 30 heavy (non-hydrogen) atoms. The molecule has 0 aromatic heterocycles. The summed E-state index contributed by atoms with van der Waals surface area (Å²) in [5, 5.41) is 2.73. The molecule has 0 saturated carbocycles. The molecule has 0 aliphatic carbocycles. The van der Waals surface area contributed by atoms with Gasteiger partial charge >= 0.3 is 6.61 Å². The number of nitrogens with one attached hydrogen (secondary N) is 1. The van der Waals surface area contributed by atoms with Crippen LogP contribution in [-0.2, 0) is 16.0 Å². The molecule has 1 aliphatic rings. The number of halogens is 3. The minimum atomic E-state index is -2.97. The SMILES string of the molecule is COc1ccc(CCNC(=O)CN2C(=O)COc3cc(Br)ccc32)cc1OC(F)F. The summed E-state index contributed by atoms with van der Waals surface area (Å²) in [7, 11) is 1.36. The molecule has 0 radical (unpaired) electrons. The molecule has 1 N–H and O–H groups in total. The molecule has 0 bridgehead atoms. The van der Waals surface area contributed by atoms with E-state index in [9.17, 15) is 18.4 Å². The van der Waals surface area contributed by atoms with Crippen molar-refractivity contribution in [2.24, 2.45) is 0 Å². The smallest absolute Gasteiger partial charge is 0.387 e. The van der Waals surface area contributed by atoms with Crippen molar-refractivity contribution in [2.45, 2.75) is 13.0 Å². The molecule has 7 nitrogen and oxygen atoms in total. The number of nitrogens with zero attached hydrogens (tertiary/aromatic N) is 1. The molecular weight excluding hydrogens is 466 g/mol. The Morgan fingerprint density at radius 1 is 1.27 bits per heavy atom. The van der Waals surface area contributed by atoms with E-state index in [0.29, 0.717) is 23.4 Å². The number of rotatable bonds is 8. The first-order valence-electron chi connectivity index (χ1n) is 8.98. The number of benzene rings is 2. The van der Waals surface area contributed by atoms with E-state index in [1.54, 1.807) is 24.3 Å². The standard InChI is InChI=1S/C20H19BrF2N2O5/c1-28-15-5-2-12(8-17(15)30-20(22)23)6-7-24-18(26)10-25-14-4-3-13(21)9-16(14)29-11-19(25)27/h2-5,8-9,20H,6-7,10-11H2,1H3,(H,24,26). The third-order valence-corrected chi connectivity index (χ3v) is 4.84. The lowest BCUT2D eigenvalue weighted by molar-refractivity contribution is -0.125. The molecule has 1 heterocycles. The molecule has 0 atom stereocenters. The molecule has 10 heteroatoms. The summed E-state index contributed by atoms with van der Waals surface area (Å²) < 4.78 is 40.7. The van der Waals surface area contributed by atoms with Crippen LogP contribution in [0.25, 0.3) is 0 Å². The molecule has 1 aliphatic heterocycles. The van der Waals surface area contributed by atoms with Gasteiger partial charge in [-0.15, -0.1) is 0 Å². The van der Waals surface area contributed by atoms with Gasteiger partial charge in [-0.25, -0.2) is 0 Å². The Hall–Kier alpha value is -2.88. The van der Waals surface area contributed by atoms with Crippen molar-refractivity contribution in [3.8, 4) is 17.2 Å². The van der Waals surface area contributed by atoms with Crippen molar-refractivity contribution < 1.29 is 32.6 Å². The summed E-state index contributed by atoms with van der Waals surface area (Å²) in [5.41, 5.74) is 1.21. The lowest BCUT2D eigenvalue weighted by Crippen LogP contribution is -2.45. The van der Waals surface area contributed by atoms with Crippen molar-refractivity contribution in [3.05, 3.63) is 46.4 Å². The second kappa shape index (κ2) is 9.75. The first-order valence-corrected chi connectivity index (χ1v) is 9.78. The Morgan fingerprint density at radius 3 is 2.80 bits per heavy atom. The summed E-state index contributed by atoms with van der Waals surface area (Å²) in [5.74, 6) is -0.0283. The van der Waals surface area contributed by atoms with Crippen LogP contribution in [-0.4, -0.2) is 45.2 Å². The average Bonchev–Trinajstić information content (AvgIpc) is 2.70. The Bertz CT molecular complexity index is 941. The fraction of sp³-hybridized carbons (Fsp3) is 0.300. The topological polar surface area (TPSA) is 77.1 Å². The van der Waals surface area contributed by atoms with E-state index in [4.69, 9.17) is 9.47 Å².